The van der Waals surface area contributed by atoms with Crippen molar-refractivity contribution in [2.45, 2.75) is 40.2 Å². The summed E-state index contributed by atoms with van der Waals surface area (Å²) in [5.41, 5.74) is 0.321. The Kier molecular flexibility index (Phi) is 4.33. The molecule has 0 aliphatic carbocycles. The van der Waals surface area contributed by atoms with Crippen molar-refractivity contribution >= 4 is 0 Å². The van der Waals surface area contributed by atoms with Crippen LogP contribution in [0.4, 0.5) is 0 Å². The molecular weight excluding hydrogens is 186 g/mol. The van der Waals surface area contributed by atoms with Gasteiger partial charge in [0.1, 0.15) is 5.82 Å². The number of hydrogen-bond donors (Lipinski definition) is 1. The Balaban J connectivity index is 2.59. The first-order chi connectivity index (χ1) is 7.09. The molecule has 0 bridgehead atoms. The van der Waals surface area contributed by atoms with Gasteiger partial charge in [-0.2, -0.15) is 0 Å². The zero-order valence-electron chi connectivity index (χ0n) is 10.4. The highest BCUT2D eigenvalue weighted by atomic mass is 15.1. The summed E-state index contributed by atoms with van der Waals surface area (Å²) >= 11 is 0. The van der Waals surface area contributed by atoms with E-state index in [2.05, 4.69) is 41.8 Å². The Bertz CT molecular complexity index is 289. The molecule has 0 spiro atoms. The number of aromatic nitrogens is 2. The van der Waals surface area contributed by atoms with Gasteiger partial charge in [-0.1, -0.05) is 13.8 Å². The van der Waals surface area contributed by atoms with Gasteiger partial charge in [-0.25, -0.2) is 4.98 Å². The lowest BCUT2D eigenvalue weighted by molar-refractivity contribution is 0.318. The molecule has 1 N–H and O–H groups in total. The van der Waals surface area contributed by atoms with Gasteiger partial charge in [-0.15, -0.1) is 0 Å². The van der Waals surface area contributed by atoms with E-state index in [0.717, 1.165) is 19.5 Å². The maximum absolute atomic E-state index is 4.42. The number of aryl methyl sites for hydroxylation is 1. The maximum Gasteiger partial charge on any atom is 0.109 e. The van der Waals surface area contributed by atoms with E-state index < -0.39 is 0 Å². The second-order valence-corrected chi connectivity index (χ2v) is 4.82. The smallest absolute Gasteiger partial charge is 0.109 e. The summed E-state index contributed by atoms with van der Waals surface area (Å²) in [5.74, 6) is 1.21. The highest BCUT2D eigenvalue weighted by Gasteiger charge is 2.20. The molecule has 86 valence electrons. The Labute approximate surface area is 92.9 Å². The topological polar surface area (TPSA) is 29.9 Å². The molecule has 0 amide bonds. The van der Waals surface area contributed by atoms with Crippen molar-refractivity contribution in [3.8, 4) is 0 Å². The van der Waals surface area contributed by atoms with E-state index in [4.69, 9.17) is 0 Å². The fourth-order valence-electron chi connectivity index (χ4n) is 1.77. The van der Waals surface area contributed by atoms with Crippen molar-refractivity contribution in [3.05, 3.63) is 18.2 Å². The standard InChI is InChI=1S/C12H23N3/c1-5-15-9-8-14-11(15)10-12(2,3)6-7-13-4/h8-9,13H,5-7,10H2,1-4H3. The van der Waals surface area contributed by atoms with Crippen molar-refractivity contribution in [1.82, 2.24) is 14.9 Å². The molecular formula is C12H23N3. The van der Waals surface area contributed by atoms with Crippen LogP contribution in [0.2, 0.25) is 0 Å². The molecule has 0 aliphatic heterocycles. The lowest BCUT2D eigenvalue weighted by atomic mass is 9.85. The molecule has 0 unspecified atom stereocenters. The monoisotopic (exact) mass is 209 g/mol. The first kappa shape index (κ1) is 12.2. The predicted octanol–water partition coefficient (Wildman–Crippen LogP) is 2.08. The zero-order valence-corrected chi connectivity index (χ0v) is 10.4. The molecule has 3 nitrogen and oxygen atoms in total. The van der Waals surface area contributed by atoms with E-state index in [1.807, 2.05) is 13.2 Å². The Morgan fingerprint density at radius 2 is 2.20 bits per heavy atom. The van der Waals surface area contributed by atoms with Gasteiger partial charge in [0, 0.05) is 25.4 Å². The average Bonchev–Trinajstić information content (AvgIpc) is 2.61. The van der Waals surface area contributed by atoms with E-state index in [0.29, 0.717) is 5.41 Å². The van der Waals surface area contributed by atoms with Gasteiger partial charge < -0.3 is 9.88 Å². The molecule has 0 aromatic carbocycles. The van der Waals surface area contributed by atoms with Crippen LogP contribution in [-0.4, -0.2) is 23.1 Å². The largest absolute Gasteiger partial charge is 0.335 e. The van der Waals surface area contributed by atoms with Gasteiger partial charge in [-0.05, 0) is 32.4 Å². The van der Waals surface area contributed by atoms with Gasteiger partial charge in [0.2, 0.25) is 0 Å². The third kappa shape index (κ3) is 3.67. The first-order valence-corrected chi connectivity index (χ1v) is 5.73. The minimum absolute atomic E-state index is 0.321. The third-order valence-corrected chi connectivity index (χ3v) is 2.83. The molecule has 3 heteroatoms. The molecule has 0 radical (unpaired) electrons. The molecule has 0 atom stereocenters. The van der Waals surface area contributed by atoms with Crippen LogP contribution >= 0.6 is 0 Å². The molecule has 0 fully saturated rings. The number of nitrogens with one attached hydrogen (secondary N) is 1. The van der Waals surface area contributed by atoms with Crippen LogP contribution in [-0.2, 0) is 13.0 Å². The quantitative estimate of drug-likeness (QED) is 0.777. The normalized spacial score (nSPS) is 12.0. The molecule has 0 saturated carbocycles. The van der Waals surface area contributed by atoms with E-state index in [9.17, 15) is 0 Å². The summed E-state index contributed by atoms with van der Waals surface area (Å²) in [6.45, 7) is 8.85. The maximum atomic E-state index is 4.42. The molecule has 0 saturated heterocycles. The number of imidazole rings is 1. The molecule has 15 heavy (non-hydrogen) atoms. The Morgan fingerprint density at radius 3 is 2.80 bits per heavy atom. The van der Waals surface area contributed by atoms with Crippen molar-refractivity contribution in [2.24, 2.45) is 5.41 Å². The third-order valence-electron chi connectivity index (χ3n) is 2.83. The fraction of sp³-hybridized carbons (Fsp3) is 0.750. The van der Waals surface area contributed by atoms with Gasteiger partial charge in [0.15, 0.2) is 0 Å². The minimum atomic E-state index is 0.321. The van der Waals surface area contributed by atoms with Gasteiger partial charge >= 0.3 is 0 Å². The van der Waals surface area contributed by atoms with Crippen LogP contribution in [0.3, 0.4) is 0 Å². The molecule has 0 aliphatic rings. The van der Waals surface area contributed by atoms with E-state index >= 15 is 0 Å². The van der Waals surface area contributed by atoms with Crippen molar-refractivity contribution in [1.29, 1.82) is 0 Å². The van der Waals surface area contributed by atoms with Crippen LogP contribution in [0, 0.1) is 5.41 Å². The van der Waals surface area contributed by atoms with Gasteiger partial charge in [-0.3, -0.25) is 0 Å². The average molecular weight is 209 g/mol. The summed E-state index contributed by atoms with van der Waals surface area (Å²) in [5, 5.41) is 3.20. The molecule has 1 heterocycles. The zero-order chi connectivity index (χ0) is 11.3. The van der Waals surface area contributed by atoms with E-state index in [-0.39, 0.29) is 0 Å². The first-order valence-electron chi connectivity index (χ1n) is 5.73. The van der Waals surface area contributed by atoms with Crippen molar-refractivity contribution in [2.75, 3.05) is 13.6 Å². The summed E-state index contributed by atoms with van der Waals surface area (Å²) in [4.78, 5) is 4.42. The Hall–Kier alpha value is -0.830. The van der Waals surface area contributed by atoms with Crippen LogP contribution in [0.15, 0.2) is 12.4 Å². The van der Waals surface area contributed by atoms with Crippen LogP contribution in [0.5, 0.6) is 0 Å². The molecule has 1 aromatic heterocycles. The fourth-order valence-corrected chi connectivity index (χ4v) is 1.77. The second kappa shape index (κ2) is 5.31. The van der Waals surface area contributed by atoms with Gasteiger partial charge in [0.25, 0.3) is 0 Å². The number of nitrogens with zero attached hydrogens (tertiary/aromatic N) is 2. The van der Waals surface area contributed by atoms with Gasteiger partial charge in [0.05, 0.1) is 0 Å². The van der Waals surface area contributed by atoms with Crippen LogP contribution in [0.25, 0.3) is 0 Å². The van der Waals surface area contributed by atoms with E-state index in [1.165, 1.54) is 12.2 Å². The van der Waals surface area contributed by atoms with Crippen molar-refractivity contribution in [3.63, 3.8) is 0 Å². The van der Waals surface area contributed by atoms with Crippen LogP contribution < -0.4 is 5.32 Å². The predicted molar refractivity (Wildman–Crippen MR) is 63.9 cm³/mol. The summed E-state index contributed by atoms with van der Waals surface area (Å²) in [6.07, 6.45) is 6.19. The molecule has 1 rings (SSSR count). The molecule has 1 aromatic rings. The summed E-state index contributed by atoms with van der Waals surface area (Å²) in [7, 11) is 2.00. The summed E-state index contributed by atoms with van der Waals surface area (Å²) in [6, 6.07) is 0. The minimum Gasteiger partial charge on any atom is -0.335 e. The van der Waals surface area contributed by atoms with Crippen LogP contribution in [0.1, 0.15) is 33.0 Å². The van der Waals surface area contributed by atoms with E-state index in [1.54, 1.807) is 0 Å². The van der Waals surface area contributed by atoms with Crippen molar-refractivity contribution < 1.29 is 0 Å². The Morgan fingerprint density at radius 1 is 1.47 bits per heavy atom. The second-order valence-electron chi connectivity index (χ2n) is 4.82. The number of rotatable bonds is 6. The SMILES string of the molecule is CCn1ccnc1CC(C)(C)CCNC. The summed E-state index contributed by atoms with van der Waals surface area (Å²) < 4.78 is 2.22. The lowest BCUT2D eigenvalue weighted by Crippen LogP contribution is -2.23. The highest BCUT2D eigenvalue weighted by Crippen LogP contribution is 2.24. The lowest BCUT2D eigenvalue weighted by Gasteiger charge is -2.24. The number of hydrogen-bond acceptors (Lipinski definition) is 2. The highest BCUT2D eigenvalue weighted by molar-refractivity contribution is 4.96.